The van der Waals surface area contributed by atoms with Crippen molar-refractivity contribution in [3.8, 4) is 0 Å². The van der Waals surface area contributed by atoms with Gasteiger partial charge in [0.1, 0.15) is 0 Å². The molecule has 2 aromatic rings. The van der Waals surface area contributed by atoms with Gasteiger partial charge in [-0.1, -0.05) is 17.7 Å². The maximum absolute atomic E-state index is 6.14. The molecular formula is C15H19BO2S. The lowest BCUT2D eigenvalue weighted by Crippen LogP contribution is -2.41. The molecule has 1 aromatic carbocycles. The SMILES string of the molecule is Cc1ccc2scc(B3OC(C)(C)C(C)(C)O3)c2c1. The van der Waals surface area contributed by atoms with Crippen molar-refractivity contribution >= 4 is 34.0 Å². The van der Waals surface area contributed by atoms with Gasteiger partial charge < -0.3 is 9.31 Å². The van der Waals surface area contributed by atoms with Crippen molar-refractivity contribution in [1.82, 2.24) is 0 Å². The predicted molar refractivity (Wildman–Crippen MR) is 82.3 cm³/mol. The van der Waals surface area contributed by atoms with Gasteiger partial charge >= 0.3 is 7.12 Å². The van der Waals surface area contributed by atoms with Crippen LogP contribution in [-0.4, -0.2) is 18.3 Å². The number of aryl methyl sites for hydroxylation is 1. The predicted octanol–water partition coefficient (Wildman–Crippen LogP) is 3.51. The van der Waals surface area contributed by atoms with E-state index in [9.17, 15) is 0 Å². The second kappa shape index (κ2) is 4.08. The largest absolute Gasteiger partial charge is 0.496 e. The molecule has 0 spiro atoms. The number of rotatable bonds is 1. The van der Waals surface area contributed by atoms with E-state index < -0.39 is 0 Å². The summed E-state index contributed by atoms with van der Waals surface area (Å²) in [4.78, 5) is 0. The lowest BCUT2D eigenvalue weighted by atomic mass is 9.79. The van der Waals surface area contributed by atoms with E-state index in [4.69, 9.17) is 9.31 Å². The third kappa shape index (κ3) is 2.02. The van der Waals surface area contributed by atoms with Gasteiger partial charge in [-0.05, 0) is 51.5 Å². The Morgan fingerprint density at radius 3 is 2.32 bits per heavy atom. The minimum absolute atomic E-state index is 0.263. The van der Waals surface area contributed by atoms with Gasteiger partial charge in [-0.25, -0.2) is 0 Å². The molecule has 4 heteroatoms. The van der Waals surface area contributed by atoms with Crippen LogP contribution in [0.4, 0.5) is 0 Å². The first kappa shape index (κ1) is 13.2. The van der Waals surface area contributed by atoms with E-state index in [0.29, 0.717) is 0 Å². The van der Waals surface area contributed by atoms with Crippen molar-refractivity contribution in [1.29, 1.82) is 0 Å². The van der Waals surface area contributed by atoms with Crippen LogP contribution in [0.5, 0.6) is 0 Å². The Bertz CT molecular complexity index is 614. The molecule has 0 bridgehead atoms. The van der Waals surface area contributed by atoms with Crippen LogP contribution >= 0.6 is 11.3 Å². The second-order valence-electron chi connectivity index (χ2n) is 6.28. The number of fused-ring (bicyclic) bond motifs is 1. The first-order valence-electron chi connectivity index (χ1n) is 6.63. The molecule has 1 aromatic heterocycles. The van der Waals surface area contributed by atoms with E-state index >= 15 is 0 Å². The van der Waals surface area contributed by atoms with E-state index in [0.717, 1.165) is 5.46 Å². The molecule has 0 amide bonds. The summed E-state index contributed by atoms with van der Waals surface area (Å²) in [7, 11) is -0.263. The Morgan fingerprint density at radius 2 is 1.68 bits per heavy atom. The van der Waals surface area contributed by atoms with Crippen LogP contribution in [0.1, 0.15) is 33.3 Å². The quantitative estimate of drug-likeness (QED) is 0.741. The summed E-state index contributed by atoms with van der Waals surface area (Å²) in [6.07, 6.45) is 0. The zero-order valence-electron chi connectivity index (χ0n) is 12.1. The average molecular weight is 274 g/mol. The minimum atomic E-state index is -0.282. The van der Waals surface area contributed by atoms with E-state index in [1.807, 2.05) is 0 Å². The smallest absolute Gasteiger partial charge is 0.399 e. The van der Waals surface area contributed by atoms with Crippen molar-refractivity contribution in [2.75, 3.05) is 0 Å². The highest BCUT2D eigenvalue weighted by molar-refractivity contribution is 7.18. The number of hydrogen-bond acceptors (Lipinski definition) is 3. The molecule has 2 heterocycles. The Kier molecular flexibility index (Phi) is 2.82. The van der Waals surface area contributed by atoms with Gasteiger partial charge in [0.25, 0.3) is 0 Å². The van der Waals surface area contributed by atoms with Gasteiger partial charge in [0, 0.05) is 10.2 Å². The van der Waals surface area contributed by atoms with Crippen LogP contribution in [0, 0.1) is 6.92 Å². The molecule has 1 saturated heterocycles. The molecule has 0 saturated carbocycles. The summed E-state index contributed by atoms with van der Waals surface area (Å²) < 4.78 is 13.6. The van der Waals surface area contributed by atoms with Crippen LogP contribution in [0.3, 0.4) is 0 Å². The molecule has 1 fully saturated rings. The molecular weight excluding hydrogens is 255 g/mol. The molecule has 1 aliphatic heterocycles. The van der Waals surface area contributed by atoms with Crippen LogP contribution in [0.15, 0.2) is 23.6 Å². The average Bonchev–Trinajstić information content (AvgIpc) is 2.77. The highest BCUT2D eigenvalue weighted by Crippen LogP contribution is 2.37. The molecule has 0 N–H and O–H groups in total. The number of benzene rings is 1. The lowest BCUT2D eigenvalue weighted by Gasteiger charge is -2.32. The second-order valence-corrected chi connectivity index (χ2v) is 7.19. The Morgan fingerprint density at radius 1 is 1.05 bits per heavy atom. The highest BCUT2D eigenvalue weighted by atomic mass is 32.1. The fourth-order valence-corrected chi connectivity index (χ4v) is 3.26. The molecule has 3 rings (SSSR count). The first-order chi connectivity index (χ1) is 8.80. The Labute approximate surface area is 118 Å². The lowest BCUT2D eigenvalue weighted by molar-refractivity contribution is 0.00578. The summed E-state index contributed by atoms with van der Waals surface area (Å²) in [6, 6.07) is 6.53. The highest BCUT2D eigenvalue weighted by Gasteiger charge is 2.52. The number of hydrogen-bond donors (Lipinski definition) is 0. The molecule has 1 aliphatic rings. The molecule has 0 radical (unpaired) electrons. The molecule has 19 heavy (non-hydrogen) atoms. The van der Waals surface area contributed by atoms with Crippen molar-refractivity contribution in [2.24, 2.45) is 0 Å². The normalized spacial score (nSPS) is 21.2. The fraction of sp³-hybridized carbons (Fsp3) is 0.467. The third-order valence-corrected chi connectivity index (χ3v) is 5.25. The maximum atomic E-state index is 6.14. The summed E-state index contributed by atoms with van der Waals surface area (Å²) in [6.45, 7) is 10.5. The molecule has 0 atom stereocenters. The molecule has 0 unspecified atom stereocenters. The molecule has 100 valence electrons. The summed E-state index contributed by atoms with van der Waals surface area (Å²) >= 11 is 1.75. The molecule has 0 aliphatic carbocycles. The molecule has 2 nitrogen and oxygen atoms in total. The Hall–Kier alpha value is -0.835. The van der Waals surface area contributed by atoms with E-state index in [2.05, 4.69) is 58.2 Å². The van der Waals surface area contributed by atoms with Crippen molar-refractivity contribution < 1.29 is 9.31 Å². The fourth-order valence-electron chi connectivity index (χ4n) is 2.32. The zero-order chi connectivity index (χ0) is 13.8. The number of thiophene rings is 1. The van der Waals surface area contributed by atoms with Crippen LogP contribution < -0.4 is 5.46 Å². The summed E-state index contributed by atoms with van der Waals surface area (Å²) in [5.41, 5.74) is 1.86. The zero-order valence-corrected chi connectivity index (χ0v) is 12.9. The van der Waals surface area contributed by atoms with Crippen LogP contribution in [-0.2, 0) is 9.31 Å². The van der Waals surface area contributed by atoms with E-state index in [1.54, 1.807) is 11.3 Å². The van der Waals surface area contributed by atoms with Gasteiger partial charge in [0.15, 0.2) is 0 Å². The summed E-state index contributed by atoms with van der Waals surface area (Å²) in [5, 5.41) is 3.41. The standard InChI is InChI=1S/C15H19BO2S/c1-10-6-7-13-11(8-10)12(9-19-13)16-17-14(2,3)15(4,5)18-16/h6-9H,1-5H3. The van der Waals surface area contributed by atoms with Crippen LogP contribution in [0.25, 0.3) is 10.1 Å². The van der Waals surface area contributed by atoms with Gasteiger partial charge in [-0.15, -0.1) is 11.3 Å². The first-order valence-corrected chi connectivity index (χ1v) is 7.51. The topological polar surface area (TPSA) is 18.5 Å². The van der Waals surface area contributed by atoms with Crippen LogP contribution in [0.2, 0.25) is 0 Å². The van der Waals surface area contributed by atoms with E-state index in [1.165, 1.54) is 15.6 Å². The summed E-state index contributed by atoms with van der Waals surface area (Å²) in [5.74, 6) is 0. The van der Waals surface area contributed by atoms with Crippen molar-refractivity contribution in [3.63, 3.8) is 0 Å². The van der Waals surface area contributed by atoms with Crippen molar-refractivity contribution in [2.45, 2.75) is 45.8 Å². The van der Waals surface area contributed by atoms with Crippen molar-refractivity contribution in [3.05, 3.63) is 29.1 Å². The maximum Gasteiger partial charge on any atom is 0.496 e. The van der Waals surface area contributed by atoms with Gasteiger partial charge in [0.2, 0.25) is 0 Å². The van der Waals surface area contributed by atoms with Gasteiger partial charge in [-0.3, -0.25) is 0 Å². The Balaban J connectivity index is 2.05. The van der Waals surface area contributed by atoms with Gasteiger partial charge in [0.05, 0.1) is 11.2 Å². The minimum Gasteiger partial charge on any atom is -0.399 e. The third-order valence-electron chi connectivity index (χ3n) is 4.27. The van der Waals surface area contributed by atoms with Gasteiger partial charge in [-0.2, -0.15) is 0 Å². The monoisotopic (exact) mass is 274 g/mol. The van der Waals surface area contributed by atoms with E-state index in [-0.39, 0.29) is 18.3 Å².